The molecule has 3 aromatic rings. The van der Waals surface area contributed by atoms with Crippen molar-refractivity contribution in [1.82, 2.24) is 4.98 Å². The van der Waals surface area contributed by atoms with Crippen LogP contribution in [-0.4, -0.2) is 39.1 Å². The quantitative estimate of drug-likeness (QED) is 0.434. The fourth-order valence-electron chi connectivity index (χ4n) is 3.26. The number of hydrogen-bond donors (Lipinski definition) is 0. The minimum Gasteiger partial charge on any atom is -0.497 e. The summed E-state index contributed by atoms with van der Waals surface area (Å²) in [5.74, 6) is -0.109. The van der Waals surface area contributed by atoms with Crippen LogP contribution in [0.4, 0.5) is 5.69 Å². The van der Waals surface area contributed by atoms with Gasteiger partial charge in [-0.25, -0.2) is 13.2 Å². The highest BCUT2D eigenvalue weighted by atomic mass is 32.2. The van der Waals surface area contributed by atoms with Crippen molar-refractivity contribution in [2.45, 2.75) is 24.8 Å². The Hall–Kier alpha value is -3.65. The second-order valence-corrected chi connectivity index (χ2v) is 8.89. The second kappa shape index (κ2) is 10.8. The van der Waals surface area contributed by atoms with Crippen LogP contribution >= 0.6 is 0 Å². The number of sulfonamides is 1. The molecule has 0 fully saturated rings. The van der Waals surface area contributed by atoms with Crippen LogP contribution in [0.25, 0.3) is 12.2 Å². The predicted octanol–water partition coefficient (Wildman–Crippen LogP) is 4.41. The summed E-state index contributed by atoms with van der Waals surface area (Å²) in [5.41, 5.74) is 1.89. The molecule has 3 rings (SSSR count). The highest BCUT2D eigenvalue weighted by Gasteiger charge is 2.35. The zero-order valence-corrected chi connectivity index (χ0v) is 19.5. The average Bonchev–Trinajstić information content (AvgIpc) is 2.84. The van der Waals surface area contributed by atoms with Crippen LogP contribution in [-0.2, 0) is 19.6 Å². The van der Waals surface area contributed by atoms with Crippen LogP contribution in [0.15, 0.2) is 78.0 Å². The molecule has 172 valence electrons. The lowest BCUT2D eigenvalue weighted by Gasteiger charge is -2.30. The molecule has 33 heavy (non-hydrogen) atoms. The van der Waals surface area contributed by atoms with Gasteiger partial charge < -0.3 is 9.47 Å². The molecule has 0 spiro atoms. The summed E-state index contributed by atoms with van der Waals surface area (Å²) in [6.45, 7) is 3.34. The van der Waals surface area contributed by atoms with Gasteiger partial charge >= 0.3 is 5.97 Å². The molecule has 0 amide bonds. The minimum absolute atomic E-state index is 0.0346. The van der Waals surface area contributed by atoms with Crippen molar-refractivity contribution < 1.29 is 22.7 Å². The van der Waals surface area contributed by atoms with Gasteiger partial charge in [-0.2, -0.15) is 0 Å². The number of hydrogen-bond acceptors (Lipinski definition) is 6. The van der Waals surface area contributed by atoms with E-state index < -0.39 is 22.0 Å². The molecule has 1 atom stereocenters. The van der Waals surface area contributed by atoms with E-state index in [4.69, 9.17) is 9.47 Å². The lowest BCUT2D eigenvalue weighted by molar-refractivity contribution is -0.144. The number of ether oxygens (including phenoxy) is 2. The lowest BCUT2D eigenvalue weighted by Crippen LogP contribution is -2.44. The molecule has 7 nitrogen and oxygen atoms in total. The SMILES string of the molecule is CCOC(=O)C(C)N(c1ccccc1/C=C/c1ccncc1)S(=O)(=O)c1ccc(OC)cc1. The molecule has 0 N–H and O–H groups in total. The number of methoxy groups -OCH3 is 1. The molecule has 0 saturated heterocycles. The maximum Gasteiger partial charge on any atom is 0.329 e. The van der Waals surface area contributed by atoms with Crippen molar-refractivity contribution in [3.05, 3.63) is 84.2 Å². The third-order valence-corrected chi connectivity index (χ3v) is 6.83. The molecule has 0 aliphatic heterocycles. The van der Waals surface area contributed by atoms with E-state index in [0.29, 0.717) is 17.0 Å². The summed E-state index contributed by atoms with van der Waals surface area (Å²) in [6.07, 6.45) is 7.01. The summed E-state index contributed by atoms with van der Waals surface area (Å²) >= 11 is 0. The fraction of sp³-hybridized carbons (Fsp3) is 0.200. The Bertz CT molecular complexity index is 1210. The smallest absolute Gasteiger partial charge is 0.329 e. The van der Waals surface area contributed by atoms with Gasteiger partial charge in [0.15, 0.2) is 0 Å². The Morgan fingerprint density at radius 1 is 1.03 bits per heavy atom. The van der Waals surface area contributed by atoms with Crippen molar-refractivity contribution >= 4 is 33.8 Å². The van der Waals surface area contributed by atoms with Gasteiger partial charge in [0.1, 0.15) is 11.8 Å². The zero-order valence-electron chi connectivity index (χ0n) is 18.7. The maximum atomic E-state index is 13.8. The second-order valence-electron chi connectivity index (χ2n) is 7.08. The van der Waals surface area contributed by atoms with E-state index in [1.54, 1.807) is 55.7 Å². The first-order valence-corrected chi connectivity index (χ1v) is 11.8. The number of carbonyl (C=O) groups is 1. The molecule has 0 bridgehead atoms. The van der Waals surface area contributed by atoms with E-state index in [-0.39, 0.29) is 11.5 Å². The molecule has 1 heterocycles. The minimum atomic E-state index is -4.11. The van der Waals surface area contributed by atoms with Crippen LogP contribution < -0.4 is 9.04 Å². The lowest BCUT2D eigenvalue weighted by atomic mass is 10.1. The number of benzene rings is 2. The molecule has 0 aliphatic rings. The number of carbonyl (C=O) groups excluding carboxylic acids is 1. The van der Waals surface area contributed by atoms with E-state index in [1.165, 1.54) is 26.2 Å². The third-order valence-electron chi connectivity index (χ3n) is 4.93. The van der Waals surface area contributed by atoms with E-state index in [0.717, 1.165) is 9.87 Å². The van der Waals surface area contributed by atoms with E-state index >= 15 is 0 Å². The van der Waals surface area contributed by atoms with Crippen molar-refractivity contribution in [3.63, 3.8) is 0 Å². The number of para-hydroxylation sites is 1. The topological polar surface area (TPSA) is 85.8 Å². The Morgan fingerprint density at radius 2 is 1.70 bits per heavy atom. The monoisotopic (exact) mass is 466 g/mol. The number of pyridine rings is 1. The summed E-state index contributed by atoms with van der Waals surface area (Å²) in [7, 11) is -2.61. The van der Waals surface area contributed by atoms with Gasteiger partial charge in [-0.05, 0) is 67.4 Å². The van der Waals surface area contributed by atoms with Gasteiger partial charge in [0.25, 0.3) is 10.0 Å². The van der Waals surface area contributed by atoms with Gasteiger partial charge in [0.05, 0.1) is 24.3 Å². The normalized spacial score (nSPS) is 12.3. The number of anilines is 1. The molecular formula is C25H26N2O5S. The molecule has 2 aromatic carbocycles. The van der Waals surface area contributed by atoms with Gasteiger partial charge in [-0.3, -0.25) is 9.29 Å². The van der Waals surface area contributed by atoms with Crippen LogP contribution in [0.1, 0.15) is 25.0 Å². The highest BCUT2D eigenvalue weighted by Crippen LogP contribution is 2.31. The molecular weight excluding hydrogens is 440 g/mol. The fourth-order valence-corrected chi connectivity index (χ4v) is 4.89. The Kier molecular flexibility index (Phi) is 7.84. The Morgan fingerprint density at radius 3 is 2.33 bits per heavy atom. The first kappa shape index (κ1) is 24.0. The van der Waals surface area contributed by atoms with Crippen molar-refractivity contribution in [2.24, 2.45) is 0 Å². The summed E-state index contributed by atoms with van der Waals surface area (Å²) < 4.78 is 38.9. The third kappa shape index (κ3) is 5.59. The van der Waals surface area contributed by atoms with Crippen molar-refractivity contribution in [1.29, 1.82) is 0 Å². The van der Waals surface area contributed by atoms with Crippen LogP contribution in [0, 0.1) is 0 Å². The zero-order chi connectivity index (χ0) is 23.8. The number of rotatable bonds is 9. The Balaban J connectivity index is 2.12. The Labute approximate surface area is 194 Å². The van der Waals surface area contributed by atoms with Crippen LogP contribution in [0.5, 0.6) is 5.75 Å². The van der Waals surface area contributed by atoms with Gasteiger partial charge in [0, 0.05) is 12.4 Å². The number of esters is 1. The molecule has 0 radical (unpaired) electrons. The number of nitrogens with zero attached hydrogens (tertiary/aromatic N) is 2. The molecule has 8 heteroatoms. The van der Waals surface area contributed by atoms with E-state index in [9.17, 15) is 13.2 Å². The summed E-state index contributed by atoms with van der Waals surface area (Å²) in [5, 5.41) is 0. The molecule has 1 unspecified atom stereocenters. The summed E-state index contributed by atoms with van der Waals surface area (Å²) in [6, 6.07) is 15.6. The molecule has 0 saturated carbocycles. The van der Waals surface area contributed by atoms with E-state index in [1.807, 2.05) is 24.3 Å². The molecule has 0 aliphatic carbocycles. The highest BCUT2D eigenvalue weighted by molar-refractivity contribution is 7.93. The predicted molar refractivity (Wildman–Crippen MR) is 128 cm³/mol. The van der Waals surface area contributed by atoms with Crippen molar-refractivity contribution in [3.8, 4) is 5.75 Å². The number of aromatic nitrogens is 1. The average molecular weight is 467 g/mol. The van der Waals surface area contributed by atoms with Gasteiger partial charge in [-0.15, -0.1) is 0 Å². The largest absolute Gasteiger partial charge is 0.497 e. The summed E-state index contributed by atoms with van der Waals surface area (Å²) in [4.78, 5) is 16.7. The first-order valence-electron chi connectivity index (χ1n) is 10.4. The van der Waals surface area contributed by atoms with Gasteiger partial charge in [0.2, 0.25) is 0 Å². The van der Waals surface area contributed by atoms with E-state index in [2.05, 4.69) is 4.98 Å². The van der Waals surface area contributed by atoms with Gasteiger partial charge in [-0.1, -0.05) is 30.4 Å². The van der Waals surface area contributed by atoms with Crippen molar-refractivity contribution in [2.75, 3.05) is 18.0 Å². The maximum absolute atomic E-state index is 13.8. The standard InChI is InChI=1S/C25H26N2O5S/c1-4-32-25(28)19(2)27(33(29,30)23-13-11-22(31-3)12-14-23)24-8-6-5-7-21(24)10-9-20-15-17-26-18-16-20/h5-19H,4H2,1-3H3/b10-9+. The van der Waals surface area contributed by atoms with Crippen LogP contribution in [0.3, 0.4) is 0 Å². The van der Waals surface area contributed by atoms with Crippen LogP contribution in [0.2, 0.25) is 0 Å². The molecule has 1 aromatic heterocycles. The first-order chi connectivity index (χ1) is 15.9.